The van der Waals surface area contributed by atoms with Crippen LogP contribution in [0.15, 0.2) is 0 Å². The van der Waals surface area contributed by atoms with E-state index in [9.17, 15) is 0 Å². The van der Waals surface area contributed by atoms with Gasteiger partial charge in [0, 0.05) is 18.2 Å². The van der Waals surface area contributed by atoms with Gasteiger partial charge in [-0.05, 0) is 78.4 Å². The number of rotatable bonds is 8. The van der Waals surface area contributed by atoms with E-state index in [1.807, 2.05) is 0 Å². The molecule has 2 unspecified atom stereocenters. The summed E-state index contributed by atoms with van der Waals surface area (Å²) in [5.74, 6) is 0. The highest BCUT2D eigenvalue weighted by molar-refractivity contribution is 4.95. The highest BCUT2D eigenvalue weighted by atomic mass is 16.5. The Morgan fingerprint density at radius 2 is 2.00 bits per heavy atom. The van der Waals surface area contributed by atoms with Crippen molar-refractivity contribution in [1.82, 2.24) is 10.2 Å². The Hall–Kier alpha value is -0.120. The lowest BCUT2D eigenvalue weighted by Crippen LogP contribution is -2.57. The fraction of sp³-hybridized carbons (Fsp3) is 1.00. The van der Waals surface area contributed by atoms with Gasteiger partial charge in [-0.15, -0.1) is 0 Å². The van der Waals surface area contributed by atoms with Crippen LogP contribution in [0.5, 0.6) is 0 Å². The molecule has 3 nitrogen and oxygen atoms in total. The van der Waals surface area contributed by atoms with Gasteiger partial charge in [-0.25, -0.2) is 0 Å². The van der Waals surface area contributed by atoms with Crippen molar-refractivity contribution in [1.29, 1.82) is 0 Å². The van der Waals surface area contributed by atoms with Crippen molar-refractivity contribution < 1.29 is 4.74 Å². The normalized spacial score (nSPS) is 26.2. The van der Waals surface area contributed by atoms with Crippen LogP contribution in [0.2, 0.25) is 0 Å². The van der Waals surface area contributed by atoms with Crippen LogP contribution >= 0.6 is 0 Å². The summed E-state index contributed by atoms with van der Waals surface area (Å²) < 4.78 is 5.80. The zero-order chi connectivity index (χ0) is 14.4. The van der Waals surface area contributed by atoms with Gasteiger partial charge in [0.25, 0.3) is 0 Å². The predicted octanol–water partition coefficient (Wildman–Crippen LogP) is 3.19. The maximum atomic E-state index is 5.80. The van der Waals surface area contributed by atoms with Crippen molar-refractivity contribution in [2.75, 3.05) is 26.2 Å². The molecule has 2 fully saturated rings. The summed E-state index contributed by atoms with van der Waals surface area (Å²) in [7, 11) is 0. The van der Waals surface area contributed by atoms with Crippen LogP contribution in [0.3, 0.4) is 0 Å². The first-order chi connectivity index (χ1) is 9.64. The van der Waals surface area contributed by atoms with E-state index in [2.05, 4.69) is 31.0 Å². The SMILES string of the molecule is CCCNC(CCC1CCCO1)C(C)(C)N1CCCC1. The molecular weight excluding hydrogens is 248 g/mol. The van der Waals surface area contributed by atoms with Crippen molar-refractivity contribution in [2.24, 2.45) is 0 Å². The zero-order valence-corrected chi connectivity index (χ0v) is 13.8. The van der Waals surface area contributed by atoms with Crippen LogP contribution in [0.1, 0.15) is 65.7 Å². The molecule has 0 aliphatic carbocycles. The lowest BCUT2D eigenvalue weighted by molar-refractivity contribution is 0.0730. The van der Waals surface area contributed by atoms with Gasteiger partial charge in [0.1, 0.15) is 0 Å². The minimum absolute atomic E-state index is 0.268. The van der Waals surface area contributed by atoms with E-state index < -0.39 is 0 Å². The Kier molecular flexibility index (Phi) is 6.31. The highest BCUT2D eigenvalue weighted by Crippen LogP contribution is 2.28. The summed E-state index contributed by atoms with van der Waals surface area (Å²) in [5, 5.41) is 3.81. The molecule has 0 aromatic rings. The monoisotopic (exact) mass is 282 g/mol. The molecule has 118 valence electrons. The number of hydrogen-bond acceptors (Lipinski definition) is 3. The molecule has 0 aromatic carbocycles. The van der Waals surface area contributed by atoms with E-state index in [0.29, 0.717) is 12.1 Å². The summed E-state index contributed by atoms with van der Waals surface area (Å²) in [6, 6.07) is 0.588. The Balaban J connectivity index is 1.89. The van der Waals surface area contributed by atoms with Crippen molar-refractivity contribution in [3.05, 3.63) is 0 Å². The maximum Gasteiger partial charge on any atom is 0.0576 e. The largest absolute Gasteiger partial charge is 0.378 e. The Morgan fingerprint density at radius 1 is 1.25 bits per heavy atom. The van der Waals surface area contributed by atoms with Crippen molar-refractivity contribution in [3.63, 3.8) is 0 Å². The minimum atomic E-state index is 0.268. The molecule has 20 heavy (non-hydrogen) atoms. The maximum absolute atomic E-state index is 5.80. The average Bonchev–Trinajstić information content (AvgIpc) is 3.12. The smallest absolute Gasteiger partial charge is 0.0576 e. The zero-order valence-electron chi connectivity index (χ0n) is 13.8. The Labute approximate surface area is 125 Å². The number of hydrogen-bond donors (Lipinski definition) is 1. The molecule has 2 aliphatic rings. The van der Waals surface area contributed by atoms with Gasteiger partial charge >= 0.3 is 0 Å². The van der Waals surface area contributed by atoms with E-state index >= 15 is 0 Å². The van der Waals surface area contributed by atoms with E-state index in [1.165, 1.54) is 58.0 Å². The molecule has 0 amide bonds. The third-order valence-corrected chi connectivity index (χ3v) is 5.22. The first-order valence-corrected chi connectivity index (χ1v) is 8.74. The van der Waals surface area contributed by atoms with Crippen LogP contribution in [0.4, 0.5) is 0 Å². The number of nitrogens with one attached hydrogen (secondary N) is 1. The Morgan fingerprint density at radius 3 is 2.60 bits per heavy atom. The molecule has 3 heteroatoms. The van der Waals surface area contributed by atoms with Gasteiger partial charge in [0.2, 0.25) is 0 Å². The molecule has 0 aromatic heterocycles. The third kappa shape index (κ3) is 4.19. The van der Waals surface area contributed by atoms with E-state index in [0.717, 1.165) is 13.2 Å². The number of ether oxygens (including phenoxy) is 1. The van der Waals surface area contributed by atoms with E-state index in [1.54, 1.807) is 0 Å². The predicted molar refractivity (Wildman–Crippen MR) is 85.2 cm³/mol. The van der Waals surface area contributed by atoms with Gasteiger partial charge in [-0.3, -0.25) is 4.90 Å². The molecule has 0 saturated carbocycles. The van der Waals surface area contributed by atoms with Crippen molar-refractivity contribution in [2.45, 2.75) is 83.4 Å². The van der Waals surface area contributed by atoms with Gasteiger partial charge in [0.05, 0.1) is 6.10 Å². The quantitative estimate of drug-likeness (QED) is 0.740. The second-order valence-corrected chi connectivity index (χ2v) is 7.07. The van der Waals surface area contributed by atoms with Crippen LogP contribution in [-0.4, -0.2) is 48.8 Å². The molecule has 0 bridgehead atoms. The molecule has 2 saturated heterocycles. The molecule has 2 atom stereocenters. The summed E-state index contributed by atoms with van der Waals surface area (Å²) in [6.45, 7) is 11.8. The molecule has 2 aliphatic heterocycles. The fourth-order valence-electron chi connectivity index (χ4n) is 3.76. The standard InChI is InChI=1S/C17H34N2O/c1-4-11-18-16(10-9-15-8-7-14-20-15)17(2,3)19-12-5-6-13-19/h15-16,18H,4-14H2,1-3H3. The fourth-order valence-corrected chi connectivity index (χ4v) is 3.76. The number of likely N-dealkylation sites (tertiary alicyclic amines) is 1. The van der Waals surface area contributed by atoms with Gasteiger partial charge in [0.15, 0.2) is 0 Å². The molecule has 2 rings (SSSR count). The minimum Gasteiger partial charge on any atom is -0.378 e. The lowest BCUT2D eigenvalue weighted by atomic mass is 9.88. The topological polar surface area (TPSA) is 24.5 Å². The molecule has 0 spiro atoms. The summed E-state index contributed by atoms with van der Waals surface area (Å²) in [4.78, 5) is 2.69. The molecule has 1 N–H and O–H groups in total. The molecule has 0 radical (unpaired) electrons. The summed E-state index contributed by atoms with van der Waals surface area (Å²) in [6.07, 6.45) is 9.47. The van der Waals surface area contributed by atoms with Crippen LogP contribution in [0, 0.1) is 0 Å². The highest BCUT2D eigenvalue weighted by Gasteiger charge is 2.36. The van der Waals surface area contributed by atoms with E-state index in [-0.39, 0.29) is 5.54 Å². The number of nitrogens with zero attached hydrogens (tertiary/aromatic N) is 1. The summed E-state index contributed by atoms with van der Waals surface area (Å²) >= 11 is 0. The van der Waals surface area contributed by atoms with Gasteiger partial charge < -0.3 is 10.1 Å². The third-order valence-electron chi connectivity index (χ3n) is 5.22. The first kappa shape index (κ1) is 16.3. The first-order valence-electron chi connectivity index (χ1n) is 8.74. The van der Waals surface area contributed by atoms with E-state index in [4.69, 9.17) is 4.74 Å². The van der Waals surface area contributed by atoms with Crippen molar-refractivity contribution in [3.8, 4) is 0 Å². The Bertz CT molecular complexity index is 268. The molecular formula is C17H34N2O. The summed E-state index contributed by atoms with van der Waals surface area (Å²) in [5.41, 5.74) is 0.268. The van der Waals surface area contributed by atoms with Crippen LogP contribution < -0.4 is 5.32 Å². The second kappa shape index (κ2) is 7.77. The van der Waals surface area contributed by atoms with Crippen molar-refractivity contribution >= 4 is 0 Å². The second-order valence-electron chi connectivity index (χ2n) is 7.07. The average molecular weight is 282 g/mol. The lowest BCUT2D eigenvalue weighted by Gasteiger charge is -2.43. The van der Waals surface area contributed by atoms with Gasteiger partial charge in [-0.1, -0.05) is 6.92 Å². The van der Waals surface area contributed by atoms with Gasteiger partial charge in [-0.2, -0.15) is 0 Å². The van der Waals surface area contributed by atoms with Crippen LogP contribution in [-0.2, 0) is 4.74 Å². The van der Waals surface area contributed by atoms with Crippen LogP contribution in [0.25, 0.3) is 0 Å². The molecule has 2 heterocycles.